The van der Waals surface area contributed by atoms with Crippen molar-refractivity contribution in [3.63, 3.8) is 0 Å². The molecule has 0 saturated heterocycles. The Morgan fingerprint density at radius 2 is 1.85 bits per heavy atom. The molecule has 6 nitrogen and oxygen atoms in total. The Hall–Kier alpha value is -3.43. The van der Waals surface area contributed by atoms with Crippen LogP contribution in [0.1, 0.15) is 16.7 Å². The summed E-state index contributed by atoms with van der Waals surface area (Å²) in [5, 5.41) is 21.7. The number of azo groups is 1. The van der Waals surface area contributed by atoms with Crippen molar-refractivity contribution >= 4 is 40.3 Å². The summed E-state index contributed by atoms with van der Waals surface area (Å²) >= 11 is 6.20. The molecule has 3 aromatic rings. The lowest BCUT2D eigenvalue weighted by atomic mass is 10.1. The smallest absolute Gasteiger partial charge is 0.161 e. The zero-order chi connectivity index (χ0) is 19.4. The zero-order valence-electron chi connectivity index (χ0n) is 14.9. The van der Waals surface area contributed by atoms with Gasteiger partial charge in [-0.3, -0.25) is 0 Å². The van der Waals surface area contributed by atoms with Crippen LogP contribution in [0.4, 0.5) is 28.7 Å². The molecule has 3 N–H and O–H groups in total. The molecule has 27 heavy (non-hydrogen) atoms. The molecule has 2 aromatic carbocycles. The number of aryl methyl sites for hydroxylation is 1. The SMILES string of the molecule is Cc1ccc(Cl)c(N=Nc2c(Nc3ccccc3)nc(N)c(C#N)c2C)c1. The molecular formula is C20H17ClN6. The Labute approximate surface area is 162 Å². The van der Waals surface area contributed by atoms with Gasteiger partial charge < -0.3 is 11.1 Å². The fourth-order valence-electron chi connectivity index (χ4n) is 2.53. The first-order chi connectivity index (χ1) is 13.0. The van der Waals surface area contributed by atoms with Crippen LogP contribution in [-0.2, 0) is 0 Å². The maximum atomic E-state index is 9.39. The Balaban J connectivity index is 2.10. The van der Waals surface area contributed by atoms with E-state index in [-0.39, 0.29) is 11.4 Å². The molecule has 0 atom stereocenters. The van der Waals surface area contributed by atoms with Crippen molar-refractivity contribution in [1.82, 2.24) is 4.98 Å². The van der Waals surface area contributed by atoms with Crippen LogP contribution >= 0.6 is 11.6 Å². The standard InChI is InChI=1S/C20H17ClN6/c1-12-8-9-16(21)17(10-12)26-27-18-13(2)15(11-22)19(23)25-20(18)24-14-6-4-3-5-7-14/h3-10H,1-2H3,(H3,23,24,25). The zero-order valence-corrected chi connectivity index (χ0v) is 15.6. The van der Waals surface area contributed by atoms with Crippen LogP contribution in [0.15, 0.2) is 58.8 Å². The van der Waals surface area contributed by atoms with Crippen LogP contribution in [0.5, 0.6) is 0 Å². The number of pyridine rings is 1. The van der Waals surface area contributed by atoms with E-state index < -0.39 is 0 Å². The molecule has 1 heterocycles. The van der Waals surface area contributed by atoms with E-state index in [2.05, 4.69) is 26.6 Å². The van der Waals surface area contributed by atoms with Crippen LogP contribution < -0.4 is 11.1 Å². The lowest BCUT2D eigenvalue weighted by molar-refractivity contribution is 1.16. The average molecular weight is 377 g/mol. The van der Waals surface area contributed by atoms with Crippen molar-refractivity contribution in [3.05, 3.63) is 70.2 Å². The molecule has 0 amide bonds. The largest absolute Gasteiger partial charge is 0.383 e. The van der Waals surface area contributed by atoms with Gasteiger partial charge in [0.05, 0.1) is 10.6 Å². The third-order valence-electron chi connectivity index (χ3n) is 3.95. The summed E-state index contributed by atoms with van der Waals surface area (Å²) in [5.41, 5.74) is 9.61. The number of para-hydroxylation sites is 1. The van der Waals surface area contributed by atoms with Gasteiger partial charge in [0.25, 0.3) is 0 Å². The van der Waals surface area contributed by atoms with Gasteiger partial charge in [0.15, 0.2) is 5.82 Å². The lowest BCUT2D eigenvalue weighted by Crippen LogP contribution is -2.03. The van der Waals surface area contributed by atoms with Crippen LogP contribution in [0.3, 0.4) is 0 Å². The Kier molecular flexibility index (Phi) is 5.34. The quantitative estimate of drug-likeness (QED) is 0.548. The third-order valence-corrected chi connectivity index (χ3v) is 4.27. The molecule has 0 spiro atoms. The highest BCUT2D eigenvalue weighted by molar-refractivity contribution is 6.32. The molecule has 0 radical (unpaired) electrons. The molecule has 7 heteroatoms. The molecule has 0 aliphatic heterocycles. The van der Waals surface area contributed by atoms with E-state index in [1.807, 2.05) is 49.4 Å². The Bertz CT molecular complexity index is 1050. The molecular weight excluding hydrogens is 360 g/mol. The number of anilines is 3. The highest BCUT2D eigenvalue weighted by Gasteiger charge is 2.16. The van der Waals surface area contributed by atoms with Gasteiger partial charge in [0.1, 0.15) is 23.3 Å². The maximum Gasteiger partial charge on any atom is 0.161 e. The maximum absolute atomic E-state index is 9.39. The second kappa shape index (κ2) is 7.85. The molecule has 0 unspecified atom stereocenters. The molecule has 0 fully saturated rings. The topological polar surface area (TPSA) is 99.4 Å². The van der Waals surface area contributed by atoms with Crippen LogP contribution in [0, 0.1) is 25.2 Å². The van der Waals surface area contributed by atoms with Crippen molar-refractivity contribution in [3.8, 4) is 6.07 Å². The fraction of sp³-hybridized carbons (Fsp3) is 0.100. The summed E-state index contributed by atoms with van der Waals surface area (Å²) in [6, 6.07) is 17.1. The Morgan fingerprint density at radius 3 is 2.56 bits per heavy atom. The van der Waals surface area contributed by atoms with Crippen LogP contribution in [0.2, 0.25) is 5.02 Å². The number of nitrogens with one attached hydrogen (secondary N) is 1. The second-order valence-corrected chi connectivity index (χ2v) is 6.36. The number of rotatable bonds is 4. The number of nitrogen functional groups attached to an aromatic ring is 1. The fourth-order valence-corrected chi connectivity index (χ4v) is 2.68. The monoisotopic (exact) mass is 376 g/mol. The van der Waals surface area contributed by atoms with Gasteiger partial charge in [-0.05, 0) is 43.7 Å². The van der Waals surface area contributed by atoms with Gasteiger partial charge in [0, 0.05) is 11.3 Å². The number of aromatic nitrogens is 1. The molecule has 0 aliphatic carbocycles. The Morgan fingerprint density at radius 1 is 1.11 bits per heavy atom. The normalized spacial score (nSPS) is 10.7. The number of nitrogens with two attached hydrogens (primary N) is 1. The van der Waals surface area contributed by atoms with E-state index in [0.717, 1.165) is 11.3 Å². The lowest BCUT2D eigenvalue weighted by Gasteiger charge is -2.12. The first-order valence-corrected chi connectivity index (χ1v) is 8.57. The number of hydrogen-bond acceptors (Lipinski definition) is 6. The van der Waals surface area contributed by atoms with E-state index in [4.69, 9.17) is 17.3 Å². The van der Waals surface area contributed by atoms with E-state index in [1.54, 1.807) is 13.0 Å². The van der Waals surface area contributed by atoms with Crippen molar-refractivity contribution in [2.24, 2.45) is 10.2 Å². The second-order valence-electron chi connectivity index (χ2n) is 5.95. The van der Waals surface area contributed by atoms with Crippen LogP contribution in [0.25, 0.3) is 0 Å². The van der Waals surface area contributed by atoms with Crippen LogP contribution in [-0.4, -0.2) is 4.98 Å². The summed E-state index contributed by atoms with van der Waals surface area (Å²) in [6.07, 6.45) is 0. The van der Waals surface area contributed by atoms with Gasteiger partial charge >= 0.3 is 0 Å². The van der Waals surface area contributed by atoms with Gasteiger partial charge in [-0.15, -0.1) is 10.2 Å². The number of hydrogen-bond donors (Lipinski definition) is 2. The van der Waals surface area contributed by atoms with E-state index in [1.165, 1.54) is 0 Å². The summed E-state index contributed by atoms with van der Waals surface area (Å²) in [4.78, 5) is 4.31. The summed E-state index contributed by atoms with van der Waals surface area (Å²) in [6.45, 7) is 3.71. The number of benzene rings is 2. The first-order valence-electron chi connectivity index (χ1n) is 8.19. The first kappa shape index (κ1) is 18.4. The number of halogens is 1. The van der Waals surface area contributed by atoms with E-state index in [0.29, 0.717) is 27.8 Å². The van der Waals surface area contributed by atoms with Gasteiger partial charge in [-0.1, -0.05) is 35.9 Å². The highest BCUT2D eigenvalue weighted by atomic mass is 35.5. The van der Waals surface area contributed by atoms with E-state index >= 15 is 0 Å². The summed E-state index contributed by atoms with van der Waals surface area (Å²) in [5.74, 6) is 0.559. The van der Waals surface area contributed by atoms with Crippen molar-refractivity contribution in [2.75, 3.05) is 11.1 Å². The predicted molar refractivity (Wildman–Crippen MR) is 108 cm³/mol. The van der Waals surface area contributed by atoms with Gasteiger partial charge in [0.2, 0.25) is 0 Å². The average Bonchev–Trinajstić information content (AvgIpc) is 2.65. The van der Waals surface area contributed by atoms with Gasteiger partial charge in [-0.25, -0.2) is 4.98 Å². The molecule has 0 bridgehead atoms. The summed E-state index contributed by atoms with van der Waals surface area (Å²) in [7, 11) is 0. The summed E-state index contributed by atoms with van der Waals surface area (Å²) < 4.78 is 0. The molecule has 0 aliphatic rings. The molecule has 1 aromatic heterocycles. The highest BCUT2D eigenvalue weighted by Crippen LogP contribution is 2.36. The predicted octanol–water partition coefficient (Wildman–Crippen LogP) is 5.96. The van der Waals surface area contributed by atoms with Crippen molar-refractivity contribution in [1.29, 1.82) is 5.26 Å². The number of nitriles is 1. The molecule has 0 saturated carbocycles. The molecule has 134 valence electrons. The molecule has 3 rings (SSSR count). The minimum Gasteiger partial charge on any atom is -0.383 e. The van der Waals surface area contributed by atoms with E-state index in [9.17, 15) is 5.26 Å². The minimum absolute atomic E-state index is 0.140. The third kappa shape index (κ3) is 4.05. The van der Waals surface area contributed by atoms with Gasteiger partial charge in [-0.2, -0.15) is 5.26 Å². The van der Waals surface area contributed by atoms with Crippen molar-refractivity contribution in [2.45, 2.75) is 13.8 Å². The minimum atomic E-state index is 0.140. The number of nitrogens with zero attached hydrogens (tertiary/aromatic N) is 4. The van der Waals surface area contributed by atoms with Crippen molar-refractivity contribution < 1.29 is 0 Å².